The van der Waals surface area contributed by atoms with Crippen LogP contribution in [0.15, 0.2) is 97.2 Å². The van der Waals surface area contributed by atoms with E-state index in [0.717, 1.165) is 96.3 Å². The van der Waals surface area contributed by atoms with Gasteiger partial charge in [0.1, 0.15) is 24.4 Å². The molecule has 11 nitrogen and oxygen atoms in total. The molecule has 1 rings (SSSR count). The third-order valence-corrected chi connectivity index (χ3v) is 14.0. The van der Waals surface area contributed by atoms with Crippen LogP contribution in [-0.4, -0.2) is 99.6 Å². The summed E-state index contributed by atoms with van der Waals surface area (Å²) in [6.07, 6.45) is 60.2. The van der Waals surface area contributed by atoms with Gasteiger partial charge >= 0.3 is 5.97 Å². The lowest BCUT2D eigenvalue weighted by Crippen LogP contribution is -2.61. The Morgan fingerprint density at radius 3 is 1.36 bits per heavy atom. The lowest BCUT2D eigenvalue weighted by molar-refractivity contribution is -0.305. The fraction of sp³-hybridized carbons (Fsp3) is 0.727. The molecule has 8 unspecified atom stereocenters. The standard InChI is InChI=1S/C66H113NO10/c1-4-7-10-13-16-19-22-24-26-28-29-30-32-33-35-38-41-44-47-50-53-59(70)65(74)67-57(58(69)52-49-46-43-40-37-21-18-15-12-9-6-3)56-75-66-64(63(73)62(72)60(55-68)76-66)77-61(71)54-51-48-45-42-39-36-34-31-27-25-23-20-17-14-11-8-5-2/h16-17,19-20,24-27,29-30,34,36,42,45,49,52,57-60,62-64,66,68-70,72-73H,4-15,18,21-23,28,31-33,35,37-41,43-44,46-48,50-51,53-56H2,1-3H3,(H,67,74)/b19-16-,20-17-,26-24-,27-25-,30-29-,36-34-,45-42-,52-49+. The summed E-state index contributed by atoms with van der Waals surface area (Å²) in [5.74, 6) is -1.27. The van der Waals surface area contributed by atoms with Crippen molar-refractivity contribution in [3.63, 3.8) is 0 Å². The lowest BCUT2D eigenvalue weighted by atomic mass is 9.99. The second kappa shape index (κ2) is 53.2. The van der Waals surface area contributed by atoms with Crippen molar-refractivity contribution in [2.45, 2.75) is 294 Å². The summed E-state index contributed by atoms with van der Waals surface area (Å²) in [5.41, 5.74) is 0. The molecular formula is C66H113NO10. The lowest BCUT2D eigenvalue weighted by Gasteiger charge is -2.41. The van der Waals surface area contributed by atoms with Crippen LogP contribution in [0.4, 0.5) is 0 Å². The molecule has 6 N–H and O–H groups in total. The number of carbonyl (C=O) groups excluding carboxylic acids is 2. The summed E-state index contributed by atoms with van der Waals surface area (Å²) < 4.78 is 17.5. The Balaban J connectivity index is 2.71. The van der Waals surface area contributed by atoms with Gasteiger partial charge in [0.05, 0.1) is 25.4 Å². The number of hydrogen-bond donors (Lipinski definition) is 6. The average molecular weight is 1080 g/mol. The molecule has 0 aromatic heterocycles. The van der Waals surface area contributed by atoms with E-state index >= 15 is 0 Å². The Bertz CT molecular complexity index is 1620. The van der Waals surface area contributed by atoms with Crippen LogP contribution in [0.5, 0.6) is 0 Å². The normalized spacial score (nSPS) is 19.7. The molecule has 1 amide bonds. The van der Waals surface area contributed by atoms with Crippen molar-refractivity contribution >= 4 is 11.9 Å². The van der Waals surface area contributed by atoms with E-state index in [9.17, 15) is 35.1 Å². The fourth-order valence-corrected chi connectivity index (χ4v) is 9.00. The molecule has 0 radical (unpaired) electrons. The SMILES string of the molecule is CCCCC/C=C\C/C=C\C/C=C\C/C=C\CCCC(=O)OC1C(OCC(NC(=O)C(O)CCCCCCCCC/C=C\C/C=C\C/C=C\CCCCC)C(O)/C=C/CCCCCCCCCCC)OC(CO)C(O)C1O. The third kappa shape index (κ3) is 41.3. The fourth-order valence-electron chi connectivity index (χ4n) is 9.00. The van der Waals surface area contributed by atoms with Crippen LogP contribution in [0, 0.1) is 0 Å². The van der Waals surface area contributed by atoms with E-state index in [0.29, 0.717) is 19.3 Å². The van der Waals surface area contributed by atoms with E-state index in [1.807, 2.05) is 18.2 Å². The molecule has 11 heteroatoms. The first-order valence-corrected chi connectivity index (χ1v) is 31.0. The number of aliphatic hydroxyl groups excluding tert-OH is 5. The van der Waals surface area contributed by atoms with Crippen molar-refractivity contribution in [3.8, 4) is 0 Å². The van der Waals surface area contributed by atoms with Crippen molar-refractivity contribution in [1.82, 2.24) is 5.32 Å². The smallest absolute Gasteiger partial charge is 0.306 e. The monoisotopic (exact) mass is 1080 g/mol. The molecule has 1 saturated heterocycles. The second-order valence-corrected chi connectivity index (χ2v) is 21.1. The number of aliphatic hydroxyl groups is 5. The Kier molecular flexibility index (Phi) is 49.5. The summed E-state index contributed by atoms with van der Waals surface area (Å²) in [6, 6.07) is -1.04. The minimum atomic E-state index is -1.64. The topological polar surface area (TPSA) is 175 Å². The van der Waals surface area contributed by atoms with Crippen molar-refractivity contribution < 1.29 is 49.3 Å². The maximum atomic E-state index is 13.4. The van der Waals surface area contributed by atoms with Crippen LogP contribution in [-0.2, 0) is 23.8 Å². The molecule has 1 fully saturated rings. The van der Waals surface area contributed by atoms with E-state index in [-0.39, 0.29) is 19.4 Å². The maximum absolute atomic E-state index is 13.4. The summed E-state index contributed by atoms with van der Waals surface area (Å²) in [4.78, 5) is 26.5. The first-order valence-electron chi connectivity index (χ1n) is 31.0. The molecule has 1 heterocycles. The summed E-state index contributed by atoms with van der Waals surface area (Å²) in [5, 5.41) is 56.9. The molecule has 0 bridgehead atoms. The number of unbranched alkanes of at least 4 members (excludes halogenated alkanes) is 23. The van der Waals surface area contributed by atoms with Gasteiger partial charge in [-0.05, 0) is 103 Å². The van der Waals surface area contributed by atoms with Gasteiger partial charge in [-0.1, -0.05) is 234 Å². The Labute approximate surface area is 469 Å². The van der Waals surface area contributed by atoms with E-state index in [1.54, 1.807) is 6.08 Å². The van der Waals surface area contributed by atoms with Gasteiger partial charge in [-0.15, -0.1) is 0 Å². The van der Waals surface area contributed by atoms with Crippen LogP contribution < -0.4 is 5.32 Å². The van der Waals surface area contributed by atoms with Gasteiger partial charge in [0, 0.05) is 6.42 Å². The minimum Gasteiger partial charge on any atom is -0.454 e. The van der Waals surface area contributed by atoms with Crippen LogP contribution >= 0.6 is 0 Å². The van der Waals surface area contributed by atoms with Crippen molar-refractivity contribution in [2.24, 2.45) is 0 Å². The number of esters is 1. The van der Waals surface area contributed by atoms with E-state index in [4.69, 9.17) is 14.2 Å². The van der Waals surface area contributed by atoms with Crippen molar-refractivity contribution in [1.29, 1.82) is 0 Å². The molecule has 1 aliphatic rings. The first kappa shape index (κ1) is 71.6. The highest BCUT2D eigenvalue weighted by molar-refractivity contribution is 5.80. The van der Waals surface area contributed by atoms with Crippen molar-refractivity contribution in [3.05, 3.63) is 97.2 Å². The zero-order valence-corrected chi connectivity index (χ0v) is 48.8. The van der Waals surface area contributed by atoms with E-state index < -0.39 is 67.4 Å². The summed E-state index contributed by atoms with van der Waals surface area (Å²) >= 11 is 0. The van der Waals surface area contributed by atoms with Crippen LogP contribution in [0.1, 0.15) is 245 Å². The molecule has 0 aliphatic carbocycles. The van der Waals surface area contributed by atoms with Gasteiger partial charge in [0.15, 0.2) is 12.4 Å². The first-order chi connectivity index (χ1) is 37.7. The Hall–Kier alpha value is -3.42. The summed E-state index contributed by atoms with van der Waals surface area (Å²) in [6.45, 7) is 5.68. The third-order valence-electron chi connectivity index (χ3n) is 14.0. The number of nitrogens with one attached hydrogen (secondary N) is 1. The van der Waals surface area contributed by atoms with Crippen molar-refractivity contribution in [2.75, 3.05) is 13.2 Å². The van der Waals surface area contributed by atoms with Crippen LogP contribution in [0.3, 0.4) is 0 Å². The maximum Gasteiger partial charge on any atom is 0.306 e. The van der Waals surface area contributed by atoms with Gasteiger partial charge in [0.25, 0.3) is 0 Å². The molecule has 8 atom stereocenters. The molecule has 0 aromatic carbocycles. The van der Waals surface area contributed by atoms with Gasteiger partial charge < -0.3 is 45.1 Å². The van der Waals surface area contributed by atoms with E-state index in [2.05, 4.69) is 99.0 Å². The second-order valence-electron chi connectivity index (χ2n) is 21.1. The number of carbonyl (C=O) groups is 2. The van der Waals surface area contributed by atoms with Gasteiger partial charge in [-0.2, -0.15) is 0 Å². The predicted molar refractivity (Wildman–Crippen MR) is 319 cm³/mol. The molecule has 0 aromatic rings. The predicted octanol–water partition coefficient (Wildman–Crippen LogP) is 14.7. The molecule has 77 heavy (non-hydrogen) atoms. The largest absolute Gasteiger partial charge is 0.454 e. The number of rotatable bonds is 51. The number of hydrogen-bond acceptors (Lipinski definition) is 10. The van der Waals surface area contributed by atoms with Gasteiger partial charge in [-0.3, -0.25) is 9.59 Å². The summed E-state index contributed by atoms with van der Waals surface area (Å²) in [7, 11) is 0. The number of amides is 1. The zero-order valence-electron chi connectivity index (χ0n) is 48.8. The Morgan fingerprint density at radius 1 is 0.506 bits per heavy atom. The Morgan fingerprint density at radius 2 is 0.896 bits per heavy atom. The van der Waals surface area contributed by atoms with E-state index in [1.165, 1.54) is 96.3 Å². The number of allylic oxidation sites excluding steroid dienone is 15. The molecule has 0 saturated carbocycles. The molecule has 442 valence electrons. The minimum absolute atomic E-state index is 0.0425. The highest BCUT2D eigenvalue weighted by Crippen LogP contribution is 2.26. The van der Waals surface area contributed by atoms with Gasteiger partial charge in [0.2, 0.25) is 5.91 Å². The quantitative estimate of drug-likeness (QED) is 0.0195. The highest BCUT2D eigenvalue weighted by Gasteiger charge is 2.47. The van der Waals surface area contributed by atoms with Crippen LogP contribution in [0.2, 0.25) is 0 Å². The highest BCUT2D eigenvalue weighted by atomic mass is 16.7. The molecular weight excluding hydrogens is 967 g/mol. The number of ether oxygens (including phenoxy) is 3. The molecule has 0 spiro atoms. The van der Waals surface area contributed by atoms with Gasteiger partial charge in [-0.25, -0.2) is 0 Å². The molecule has 1 aliphatic heterocycles. The average Bonchev–Trinajstić information content (AvgIpc) is 3.43. The zero-order chi connectivity index (χ0) is 56.1. The van der Waals surface area contributed by atoms with Crippen LogP contribution in [0.25, 0.3) is 0 Å².